The maximum Gasteiger partial charge on any atom is 0.0712 e. The summed E-state index contributed by atoms with van der Waals surface area (Å²) in [6.45, 7) is 12.7. The topological polar surface area (TPSA) is 35.8 Å². The number of nitriles is 1. The first-order chi connectivity index (χ1) is 8.63. The summed E-state index contributed by atoms with van der Waals surface area (Å²) in [5.74, 6) is 0. The fourth-order valence-corrected chi connectivity index (χ4v) is 2.44. The molecule has 104 valence electrons. The number of nitrogens with one attached hydrogen (secondary N) is 1. The molecule has 1 aromatic carbocycles. The maximum atomic E-state index is 9.34. The summed E-state index contributed by atoms with van der Waals surface area (Å²) in [6, 6.07) is 9.03. The third-order valence-corrected chi connectivity index (χ3v) is 3.75. The summed E-state index contributed by atoms with van der Waals surface area (Å²) >= 11 is 0. The molecule has 2 nitrogen and oxygen atoms in total. The highest BCUT2D eigenvalue weighted by atomic mass is 14.9. The molecule has 0 spiro atoms. The van der Waals surface area contributed by atoms with Crippen LogP contribution in [0.5, 0.6) is 0 Å². The zero-order valence-corrected chi connectivity index (χ0v) is 13.3. The van der Waals surface area contributed by atoms with Crippen molar-refractivity contribution in [1.29, 1.82) is 5.26 Å². The average Bonchev–Trinajstić information content (AvgIpc) is 2.30. The van der Waals surface area contributed by atoms with E-state index >= 15 is 0 Å². The minimum atomic E-state index is -0.428. The molecule has 0 bridgehead atoms. The van der Waals surface area contributed by atoms with Crippen molar-refractivity contribution >= 4 is 0 Å². The summed E-state index contributed by atoms with van der Waals surface area (Å²) in [7, 11) is 1.92. The molecule has 0 saturated heterocycles. The average molecular weight is 258 g/mol. The number of aryl methyl sites for hydroxylation is 1. The molecular weight excluding hydrogens is 232 g/mol. The van der Waals surface area contributed by atoms with Crippen molar-refractivity contribution in [1.82, 2.24) is 5.32 Å². The molecule has 1 unspecified atom stereocenters. The third-order valence-electron chi connectivity index (χ3n) is 3.75. The van der Waals surface area contributed by atoms with Crippen LogP contribution in [-0.4, -0.2) is 7.05 Å². The van der Waals surface area contributed by atoms with Gasteiger partial charge in [0.25, 0.3) is 0 Å². The van der Waals surface area contributed by atoms with E-state index in [0.29, 0.717) is 0 Å². The molecule has 0 fully saturated rings. The molecule has 1 N–H and O–H groups in total. The Balaban J connectivity index is 3.26. The van der Waals surface area contributed by atoms with Crippen molar-refractivity contribution in [2.45, 2.75) is 53.0 Å². The van der Waals surface area contributed by atoms with Gasteiger partial charge in [-0.2, -0.15) is 5.26 Å². The maximum absolute atomic E-state index is 9.34. The predicted molar refractivity (Wildman–Crippen MR) is 81.1 cm³/mol. The Morgan fingerprint density at radius 3 is 2.11 bits per heavy atom. The quantitative estimate of drug-likeness (QED) is 0.886. The Bertz CT molecular complexity index is 487. The minimum absolute atomic E-state index is 0.0477. The number of rotatable bonds is 3. The first-order valence-corrected chi connectivity index (χ1v) is 6.83. The summed E-state index contributed by atoms with van der Waals surface area (Å²) < 4.78 is 0. The fourth-order valence-electron chi connectivity index (χ4n) is 2.44. The zero-order valence-electron chi connectivity index (χ0n) is 13.3. The van der Waals surface area contributed by atoms with Crippen molar-refractivity contribution < 1.29 is 0 Å². The predicted octanol–water partition coefficient (Wildman–Crippen LogP) is 4.10. The zero-order chi connectivity index (χ0) is 14.8. The van der Waals surface area contributed by atoms with E-state index in [1.165, 1.54) is 16.7 Å². The molecule has 0 heterocycles. The van der Waals surface area contributed by atoms with Gasteiger partial charge in [0.15, 0.2) is 0 Å². The summed E-state index contributed by atoms with van der Waals surface area (Å²) in [5.41, 5.74) is 3.52. The van der Waals surface area contributed by atoms with E-state index < -0.39 is 5.41 Å². The van der Waals surface area contributed by atoms with Crippen molar-refractivity contribution in [2.24, 2.45) is 5.41 Å². The van der Waals surface area contributed by atoms with Crippen molar-refractivity contribution in [3.8, 4) is 6.07 Å². The second-order valence-corrected chi connectivity index (χ2v) is 6.88. The monoisotopic (exact) mass is 258 g/mol. The van der Waals surface area contributed by atoms with Gasteiger partial charge in [-0.25, -0.2) is 0 Å². The SMILES string of the molecule is CNC(c1ccc(C(C)(C)C)cc1C)C(C)(C)C#N. The molecule has 19 heavy (non-hydrogen) atoms. The number of nitrogens with zero attached hydrogens (tertiary/aromatic N) is 1. The lowest BCUT2D eigenvalue weighted by Crippen LogP contribution is -2.31. The second-order valence-electron chi connectivity index (χ2n) is 6.88. The van der Waals surface area contributed by atoms with Gasteiger partial charge in [0, 0.05) is 0 Å². The lowest BCUT2D eigenvalue weighted by Gasteiger charge is -2.30. The Hall–Kier alpha value is -1.33. The highest BCUT2D eigenvalue weighted by molar-refractivity contribution is 5.37. The molecule has 1 aromatic rings. The molecule has 0 saturated carbocycles. The van der Waals surface area contributed by atoms with Crippen molar-refractivity contribution in [2.75, 3.05) is 7.05 Å². The van der Waals surface area contributed by atoms with Gasteiger partial charge in [-0.3, -0.25) is 0 Å². The van der Waals surface area contributed by atoms with Crippen molar-refractivity contribution in [3.05, 3.63) is 34.9 Å². The second kappa shape index (κ2) is 5.35. The van der Waals surface area contributed by atoms with Gasteiger partial charge in [0.05, 0.1) is 17.5 Å². The van der Waals surface area contributed by atoms with Crippen LogP contribution in [0.15, 0.2) is 18.2 Å². The Morgan fingerprint density at radius 1 is 1.16 bits per heavy atom. The largest absolute Gasteiger partial charge is 0.312 e. The van der Waals surface area contributed by atoms with E-state index in [1.807, 2.05) is 20.9 Å². The molecule has 1 atom stereocenters. The van der Waals surface area contributed by atoms with E-state index in [2.05, 4.69) is 57.3 Å². The molecule has 0 aromatic heterocycles. The number of benzene rings is 1. The van der Waals surface area contributed by atoms with Crippen LogP contribution in [0.2, 0.25) is 0 Å². The molecule has 0 amide bonds. The van der Waals surface area contributed by atoms with E-state index in [0.717, 1.165) is 0 Å². The van der Waals surface area contributed by atoms with Gasteiger partial charge in [0.2, 0.25) is 0 Å². The first-order valence-electron chi connectivity index (χ1n) is 6.83. The molecule has 0 radical (unpaired) electrons. The van der Waals surface area contributed by atoms with Crippen LogP contribution in [0.3, 0.4) is 0 Å². The van der Waals surface area contributed by atoms with Gasteiger partial charge in [0.1, 0.15) is 0 Å². The fraction of sp³-hybridized carbons (Fsp3) is 0.588. The molecular formula is C17H26N2. The van der Waals surface area contributed by atoms with Crippen LogP contribution in [0.25, 0.3) is 0 Å². The summed E-state index contributed by atoms with van der Waals surface area (Å²) in [6.07, 6.45) is 0. The highest BCUT2D eigenvalue weighted by Gasteiger charge is 2.30. The molecule has 0 aliphatic heterocycles. The normalized spacial score (nSPS) is 14.0. The Kier molecular flexibility index (Phi) is 4.43. The van der Waals surface area contributed by atoms with E-state index in [4.69, 9.17) is 0 Å². The molecule has 2 heteroatoms. The van der Waals surface area contributed by atoms with E-state index in [9.17, 15) is 5.26 Å². The number of hydrogen-bond donors (Lipinski definition) is 1. The van der Waals surface area contributed by atoms with Gasteiger partial charge < -0.3 is 5.32 Å². The molecule has 1 rings (SSSR count). The van der Waals surface area contributed by atoms with Crippen molar-refractivity contribution in [3.63, 3.8) is 0 Å². The van der Waals surface area contributed by atoms with Crippen LogP contribution in [0.4, 0.5) is 0 Å². The minimum Gasteiger partial charge on any atom is -0.312 e. The van der Waals surface area contributed by atoms with Crippen LogP contribution >= 0.6 is 0 Å². The van der Waals surface area contributed by atoms with E-state index in [-0.39, 0.29) is 11.5 Å². The van der Waals surface area contributed by atoms with Gasteiger partial charge >= 0.3 is 0 Å². The standard InChI is InChI=1S/C17H26N2/c1-12-10-13(16(2,3)4)8-9-14(12)15(19-7)17(5,6)11-18/h8-10,15,19H,1-7H3. The third kappa shape index (κ3) is 3.36. The molecule has 0 aliphatic rings. The smallest absolute Gasteiger partial charge is 0.0712 e. The lowest BCUT2D eigenvalue weighted by atomic mass is 9.78. The van der Waals surface area contributed by atoms with Crippen LogP contribution in [0.1, 0.15) is 57.4 Å². The molecule has 0 aliphatic carbocycles. The summed E-state index contributed by atoms with van der Waals surface area (Å²) in [4.78, 5) is 0. The van der Waals surface area contributed by atoms with E-state index in [1.54, 1.807) is 0 Å². The number of hydrogen-bond acceptors (Lipinski definition) is 2. The van der Waals surface area contributed by atoms with Gasteiger partial charge in [-0.1, -0.05) is 39.0 Å². The van der Waals surface area contributed by atoms with Crippen LogP contribution in [0, 0.1) is 23.7 Å². The van der Waals surface area contributed by atoms with Crippen LogP contribution < -0.4 is 5.32 Å². The van der Waals surface area contributed by atoms with Gasteiger partial charge in [-0.05, 0) is 49.9 Å². The summed E-state index contributed by atoms with van der Waals surface area (Å²) in [5, 5.41) is 12.6. The van der Waals surface area contributed by atoms with Gasteiger partial charge in [-0.15, -0.1) is 0 Å². The highest BCUT2D eigenvalue weighted by Crippen LogP contribution is 2.35. The lowest BCUT2D eigenvalue weighted by molar-refractivity contribution is 0.343. The Morgan fingerprint density at radius 2 is 1.74 bits per heavy atom. The Labute approximate surface area is 117 Å². The van der Waals surface area contributed by atoms with Crippen LogP contribution in [-0.2, 0) is 5.41 Å². The first kappa shape index (κ1) is 15.7.